The van der Waals surface area contributed by atoms with Gasteiger partial charge in [-0.2, -0.15) is 0 Å². The summed E-state index contributed by atoms with van der Waals surface area (Å²) in [6, 6.07) is 0. The van der Waals surface area contributed by atoms with Crippen molar-refractivity contribution in [2.75, 3.05) is 0 Å². The molecule has 0 radical (unpaired) electrons. The van der Waals surface area contributed by atoms with Gasteiger partial charge in [-0.05, 0) is 19.3 Å². The van der Waals surface area contributed by atoms with Crippen LogP contribution in [0.5, 0.6) is 0 Å². The highest BCUT2D eigenvalue weighted by Crippen LogP contribution is 2.38. The second-order valence-electron chi connectivity index (χ2n) is 3.42. The molecule has 1 heteroatoms. The van der Waals surface area contributed by atoms with Gasteiger partial charge in [-0.1, -0.05) is 25.7 Å². The zero-order valence-corrected chi connectivity index (χ0v) is 7.14. The van der Waals surface area contributed by atoms with E-state index in [-0.39, 0.29) is 11.5 Å². The van der Waals surface area contributed by atoms with Crippen LogP contribution in [0.1, 0.15) is 39.0 Å². The highest BCUT2D eigenvalue weighted by atomic mass is 16.3. The standard InChI is InChI=1S/C10H16O/c1-3-10(4-2)8-6-5-7-9(10)11/h1,9,11H,4-8H2,2H3/t9-,10-/m0/s1. The van der Waals surface area contributed by atoms with E-state index in [9.17, 15) is 5.11 Å². The van der Waals surface area contributed by atoms with E-state index in [1.165, 1.54) is 6.42 Å². The number of aliphatic hydroxyl groups excluding tert-OH is 1. The van der Waals surface area contributed by atoms with Crippen molar-refractivity contribution in [3.05, 3.63) is 0 Å². The van der Waals surface area contributed by atoms with Gasteiger partial charge >= 0.3 is 0 Å². The molecule has 0 unspecified atom stereocenters. The average molecular weight is 152 g/mol. The summed E-state index contributed by atoms with van der Waals surface area (Å²) in [6.07, 6.45) is 10.3. The smallest absolute Gasteiger partial charge is 0.0705 e. The summed E-state index contributed by atoms with van der Waals surface area (Å²) in [5.41, 5.74) is -0.196. The Labute approximate surface area is 68.8 Å². The molecule has 1 N–H and O–H groups in total. The Morgan fingerprint density at radius 2 is 2.36 bits per heavy atom. The highest BCUT2D eigenvalue weighted by Gasteiger charge is 2.36. The van der Waals surface area contributed by atoms with E-state index in [0.717, 1.165) is 25.7 Å². The first-order valence-electron chi connectivity index (χ1n) is 4.41. The molecular weight excluding hydrogens is 136 g/mol. The van der Waals surface area contributed by atoms with E-state index in [1.54, 1.807) is 0 Å². The van der Waals surface area contributed by atoms with Crippen molar-refractivity contribution < 1.29 is 5.11 Å². The van der Waals surface area contributed by atoms with Gasteiger partial charge in [0.2, 0.25) is 0 Å². The molecule has 1 aliphatic rings. The van der Waals surface area contributed by atoms with E-state index >= 15 is 0 Å². The third-order valence-electron chi connectivity index (χ3n) is 2.91. The van der Waals surface area contributed by atoms with Gasteiger partial charge < -0.3 is 5.11 Å². The van der Waals surface area contributed by atoms with Crippen molar-refractivity contribution in [3.63, 3.8) is 0 Å². The molecule has 62 valence electrons. The van der Waals surface area contributed by atoms with E-state index in [0.29, 0.717) is 0 Å². The molecular formula is C10H16O. The van der Waals surface area contributed by atoms with E-state index in [1.807, 2.05) is 0 Å². The number of aliphatic hydroxyl groups is 1. The molecule has 2 atom stereocenters. The summed E-state index contributed by atoms with van der Waals surface area (Å²) < 4.78 is 0. The lowest BCUT2D eigenvalue weighted by atomic mass is 9.71. The van der Waals surface area contributed by atoms with Crippen LogP contribution in [-0.2, 0) is 0 Å². The van der Waals surface area contributed by atoms with E-state index in [4.69, 9.17) is 6.42 Å². The molecule has 0 bridgehead atoms. The first-order chi connectivity index (χ1) is 5.25. The maximum atomic E-state index is 9.68. The zero-order chi connectivity index (χ0) is 8.32. The van der Waals surface area contributed by atoms with Crippen molar-refractivity contribution in [1.82, 2.24) is 0 Å². The molecule has 0 saturated heterocycles. The molecule has 0 aromatic carbocycles. The Balaban J connectivity index is 2.71. The second-order valence-corrected chi connectivity index (χ2v) is 3.42. The monoisotopic (exact) mass is 152 g/mol. The van der Waals surface area contributed by atoms with Crippen molar-refractivity contribution in [3.8, 4) is 12.3 Å². The number of hydrogen-bond donors (Lipinski definition) is 1. The van der Waals surface area contributed by atoms with Gasteiger partial charge in [0.15, 0.2) is 0 Å². The maximum Gasteiger partial charge on any atom is 0.0705 e. The third-order valence-corrected chi connectivity index (χ3v) is 2.91. The topological polar surface area (TPSA) is 20.2 Å². The van der Waals surface area contributed by atoms with Crippen LogP contribution in [0.4, 0.5) is 0 Å². The van der Waals surface area contributed by atoms with Crippen LogP contribution in [0.3, 0.4) is 0 Å². The molecule has 1 aliphatic carbocycles. The molecule has 1 saturated carbocycles. The Bertz CT molecular complexity index is 168. The van der Waals surface area contributed by atoms with Crippen LogP contribution >= 0.6 is 0 Å². The predicted octanol–water partition coefficient (Wildman–Crippen LogP) is 1.95. The fourth-order valence-corrected chi connectivity index (χ4v) is 1.90. The Hall–Kier alpha value is -0.480. The van der Waals surface area contributed by atoms with Gasteiger partial charge in [0, 0.05) is 0 Å². The molecule has 0 amide bonds. The van der Waals surface area contributed by atoms with Gasteiger partial charge in [-0.3, -0.25) is 0 Å². The van der Waals surface area contributed by atoms with Crippen molar-refractivity contribution in [2.45, 2.75) is 45.1 Å². The minimum atomic E-state index is -0.258. The van der Waals surface area contributed by atoms with Gasteiger partial charge in [0.1, 0.15) is 0 Å². The van der Waals surface area contributed by atoms with Crippen LogP contribution in [0.25, 0.3) is 0 Å². The molecule has 0 aromatic rings. The Morgan fingerprint density at radius 3 is 2.73 bits per heavy atom. The lowest BCUT2D eigenvalue weighted by Gasteiger charge is -2.36. The number of hydrogen-bond acceptors (Lipinski definition) is 1. The Morgan fingerprint density at radius 1 is 1.64 bits per heavy atom. The first kappa shape index (κ1) is 8.62. The van der Waals surface area contributed by atoms with Crippen LogP contribution < -0.4 is 0 Å². The molecule has 1 nitrogen and oxygen atoms in total. The van der Waals surface area contributed by atoms with Gasteiger partial charge in [0.05, 0.1) is 11.5 Å². The molecule has 0 heterocycles. The van der Waals surface area contributed by atoms with Crippen LogP contribution in [0.15, 0.2) is 0 Å². The van der Waals surface area contributed by atoms with Crippen LogP contribution in [0, 0.1) is 17.8 Å². The average Bonchev–Trinajstić information content (AvgIpc) is 2.06. The molecule has 11 heavy (non-hydrogen) atoms. The normalized spacial score (nSPS) is 38.1. The SMILES string of the molecule is C#C[C@]1(CC)CCCC[C@@H]1O. The Kier molecular flexibility index (Phi) is 2.57. The van der Waals surface area contributed by atoms with Gasteiger partial charge in [-0.15, -0.1) is 6.42 Å². The molecule has 0 aliphatic heterocycles. The lowest BCUT2D eigenvalue weighted by Crippen LogP contribution is -2.36. The second kappa shape index (κ2) is 3.28. The summed E-state index contributed by atoms with van der Waals surface area (Å²) in [5, 5.41) is 9.68. The summed E-state index contributed by atoms with van der Waals surface area (Å²) in [6.45, 7) is 2.06. The summed E-state index contributed by atoms with van der Waals surface area (Å²) in [5.74, 6) is 2.77. The van der Waals surface area contributed by atoms with Crippen molar-refractivity contribution in [1.29, 1.82) is 0 Å². The van der Waals surface area contributed by atoms with Gasteiger partial charge in [-0.25, -0.2) is 0 Å². The van der Waals surface area contributed by atoms with Gasteiger partial charge in [0.25, 0.3) is 0 Å². The van der Waals surface area contributed by atoms with Crippen molar-refractivity contribution in [2.24, 2.45) is 5.41 Å². The fourth-order valence-electron chi connectivity index (χ4n) is 1.90. The van der Waals surface area contributed by atoms with Crippen LogP contribution in [0.2, 0.25) is 0 Å². The van der Waals surface area contributed by atoms with Crippen LogP contribution in [-0.4, -0.2) is 11.2 Å². The third kappa shape index (κ3) is 1.41. The summed E-state index contributed by atoms with van der Waals surface area (Å²) in [4.78, 5) is 0. The molecule has 1 rings (SSSR count). The maximum absolute atomic E-state index is 9.68. The molecule has 0 spiro atoms. The van der Waals surface area contributed by atoms with E-state index in [2.05, 4.69) is 12.8 Å². The molecule has 0 aromatic heterocycles. The minimum Gasteiger partial charge on any atom is -0.392 e. The minimum absolute atomic E-state index is 0.196. The predicted molar refractivity (Wildman–Crippen MR) is 46.0 cm³/mol. The van der Waals surface area contributed by atoms with Crippen molar-refractivity contribution >= 4 is 0 Å². The number of rotatable bonds is 1. The summed E-state index contributed by atoms with van der Waals surface area (Å²) >= 11 is 0. The molecule has 1 fully saturated rings. The van der Waals surface area contributed by atoms with E-state index < -0.39 is 0 Å². The largest absolute Gasteiger partial charge is 0.392 e. The number of terminal acetylenes is 1. The quantitative estimate of drug-likeness (QED) is 0.569. The fraction of sp³-hybridized carbons (Fsp3) is 0.800. The lowest BCUT2D eigenvalue weighted by molar-refractivity contribution is 0.0250. The summed E-state index contributed by atoms with van der Waals surface area (Å²) in [7, 11) is 0. The highest BCUT2D eigenvalue weighted by molar-refractivity contribution is 5.10. The zero-order valence-electron chi connectivity index (χ0n) is 7.14. The first-order valence-corrected chi connectivity index (χ1v) is 4.41.